The van der Waals surface area contributed by atoms with Crippen molar-refractivity contribution >= 4 is 15.9 Å². The number of halogens is 2. The summed E-state index contributed by atoms with van der Waals surface area (Å²) in [5.74, 6) is 0.291. The van der Waals surface area contributed by atoms with Crippen LogP contribution in [0.3, 0.4) is 0 Å². The Hall–Kier alpha value is -1.46. The van der Waals surface area contributed by atoms with Crippen molar-refractivity contribution in [2.24, 2.45) is 5.73 Å². The van der Waals surface area contributed by atoms with Gasteiger partial charge in [0, 0.05) is 22.3 Å². The fourth-order valence-corrected chi connectivity index (χ4v) is 2.00. The fraction of sp³-hybridized carbons (Fsp3) is 0.214. The van der Waals surface area contributed by atoms with Crippen LogP contribution in [0.2, 0.25) is 0 Å². The third kappa shape index (κ3) is 3.52. The van der Waals surface area contributed by atoms with Gasteiger partial charge in [-0.2, -0.15) is 0 Å². The average Bonchev–Trinajstić information content (AvgIpc) is 2.39. The number of rotatable bonds is 4. The van der Waals surface area contributed by atoms with E-state index >= 15 is 0 Å². The SMILES string of the molecule is Cc1ccc(OCc2ccc(Br)cc2F)c(CN)n1. The Morgan fingerprint density at radius 2 is 2.11 bits per heavy atom. The van der Waals surface area contributed by atoms with Gasteiger partial charge in [-0.15, -0.1) is 0 Å². The predicted molar refractivity (Wildman–Crippen MR) is 75.3 cm³/mol. The van der Waals surface area contributed by atoms with Gasteiger partial charge < -0.3 is 10.5 Å². The normalized spacial score (nSPS) is 10.5. The van der Waals surface area contributed by atoms with E-state index in [0.29, 0.717) is 28.0 Å². The molecule has 0 fully saturated rings. The first-order valence-electron chi connectivity index (χ1n) is 5.83. The third-order valence-electron chi connectivity index (χ3n) is 2.66. The molecular formula is C14H14BrFN2O. The van der Waals surface area contributed by atoms with Crippen LogP contribution in [-0.2, 0) is 13.2 Å². The first kappa shape index (κ1) is 14.0. The van der Waals surface area contributed by atoms with Gasteiger partial charge in [0.25, 0.3) is 0 Å². The molecular weight excluding hydrogens is 311 g/mol. The van der Waals surface area contributed by atoms with Crippen LogP contribution < -0.4 is 10.5 Å². The molecule has 1 heterocycles. The molecule has 1 aromatic heterocycles. The van der Waals surface area contributed by atoms with Crippen molar-refractivity contribution in [3.05, 3.63) is 57.6 Å². The zero-order valence-corrected chi connectivity index (χ0v) is 12.1. The van der Waals surface area contributed by atoms with Crippen LogP contribution in [0.25, 0.3) is 0 Å². The predicted octanol–water partition coefficient (Wildman–Crippen LogP) is 3.33. The second-order valence-electron chi connectivity index (χ2n) is 4.13. The van der Waals surface area contributed by atoms with Gasteiger partial charge in [-0.3, -0.25) is 4.98 Å². The van der Waals surface area contributed by atoms with Crippen LogP contribution >= 0.6 is 15.9 Å². The lowest BCUT2D eigenvalue weighted by atomic mass is 10.2. The molecule has 0 aliphatic carbocycles. The summed E-state index contributed by atoms with van der Waals surface area (Å²) < 4.78 is 19.9. The van der Waals surface area contributed by atoms with Crippen LogP contribution in [0.4, 0.5) is 4.39 Å². The topological polar surface area (TPSA) is 48.1 Å². The maximum atomic E-state index is 13.6. The number of hydrogen-bond acceptors (Lipinski definition) is 3. The molecule has 100 valence electrons. The highest BCUT2D eigenvalue weighted by Crippen LogP contribution is 2.20. The molecule has 0 unspecified atom stereocenters. The molecule has 2 N–H and O–H groups in total. The van der Waals surface area contributed by atoms with E-state index in [9.17, 15) is 4.39 Å². The summed E-state index contributed by atoms with van der Waals surface area (Å²) in [4.78, 5) is 4.29. The molecule has 0 aliphatic heterocycles. The number of aromatic nitrogens is 1. The second-order valence-corrected chi connectivity index (χ2v) is 5.04. The van der Waals surface area contributed by atoms with Crippen molar-refractivity contribution in [2.45, 2.75) is 20.1 Å². The fourth-order valence-electron chi connectivity index (χ4n) is 1.67. The average molecular weight is 325 g/mol. The van der Waals surface area contributed by atoms with Gasteiger partial charge in [-0.1, -0.05) is 22.0 Å². The molecule has 0 spiro atoms. The van der Waals surface area contributed by atoms with Crippen LogP contribution in [0, 0.1) is 12.7 Å². The van der Waals surface area contributed by atoms with Crippen molar-refractivity contribution < 1.29 is 9.13 Å². The van der Waals surface area contributed by atoms with Crippen LogP contribution in [0.15, 0.2) is 34.8 Å². The molecule has 2 rings (SSSR count). The molecule has 0 amide bonds. The highest BCUT2D eigenvalue weighted by atomic mass is 79.9. The zero-order chi connectivity index (χ0) is 13.8. The van der Waals surface area contributed by atoms with E-state index in [4.69, 9.17) is 10.5 Å². The minimum Gasteiger partial charge on any atom is -0.487 e. The van der Waals surface area contributed by atoms with Crippen molar-refractivity contribution in [2.75, 3.05) is 0 Å². The molecule has 3 nitrogen and oxygen atoms in total. The van der Waals surface area contributed by atoms with Crippen molar-refractivity contribution in [1.29, 1.82) is 0 Å². The highest BCUT2D eigenvalue weighted by molar-refractivity contribution is 9.10. The molecule has 19 heavy (non-hydrogen) atoms. The number of aryl methyl sites for hydroxylation is 1. The monoisotopic (exact) mass is 324 g/mol. The van der Waals surface area contributed by atoms with E-state index in [0.717, 1.165) is 5.69 Å². The quantitative estimate of drug-likeness (QED) is 0.938. The largest absolute Gasteiger partial charge is 0.487 e. The standard InChI is InChI=1S/C14H14BrFN2O/c1-9-2-5-14(13(7-17)18-9)19-8-10-3-4-11(15)6-12(10)16/h2-6H,7-8,17H2,1H3. The lowest BCUT2D eigenvalue weighted by molar-refractivity contribution is 0.295. The molecule has 2 aromatic rings. The first-order valence-corrected chi connectivity index (χ1v) is 6.63. The highest BCUT2D eigenvalue weighted by Gasteiger charge is 2.07. The lowest BCUT2D eigenvalue weighted by Crippen LogP contribution is -2.06. The Balaban J connectivity index is 2.14. The van der Waals surface area contributed by atoms with Gasteiger partial charge >= 0.3 is 0 Å². The van der Waals surface area contributed by atoms with Gasteiger partial charge in [-0.05, 0) is 31.2 Å². The molecule has 0 saturated heterocycles. The maximum Gasteiger partial charge on any atom is 0.142 e. The van der Waals surface area contributed by atoms with Crippen molar-refractivity contribution in [3.63, 3.8) is 0 Å². The van der Waals surface area contributed by atoms with Crippen LogP contribution in [-0.4, -0.2) is 4.98 Å². The molecule has 1 aromatic carbocycles. The first-order chi connectivity index (χ1) is 9.10. The minimum atomic E-state index is -0.302. The molecule has 0 saturated carbocycles. The van der Waals surface area contributed by atoms with E-state index < -0.39 is 0 Å². The number of hydrogen-bond donors (Lipinski definition) is 1. The van der Waals surface area contributed by atoms with Gasteiger partial charge in [0.2, 0.25) is 0 Å². The van der Waals surface area contributed by atoms with E-state index in [1.807, 2.05) is 13.0 Å². The summed E-state index contributed by atoms with van der Waals surface area (Å²) in [6.07, 6.45) is 0. The Labute approximate surface area is 119 Å². The van der Waals surface area contributed by atoms with Crippen molar-refractivity contribution in [1.82, 2.24) is 4.98 Å². The Kier molecular flexibility index (Phi) is 4.50. The smallest absolute Gasteiger partial charge is 0.142 e. The van der Waals surface area contributed by atoms with Crippen LogP contribution in [0.5, 0.6) is 5.75 Å². The second kappa shape index (κ2) is 6.12. The van der Waals surface area contributed by atoms with Gasteiger partial charge in [-0.25, -0.2) is 4.39 Å². The number of ether oxygens (including phenoxy) is 1. The van der Waals surface area contributed by atoms with E-state index in [2.05, 4.69) is 20.9 Å². The van der Waals surface area contributed by atoms with E-state index in [-0.39, 0.29) is 12.4 Å². The van der Waals surface area contributed by atoms with E-state index in [1.165, 1.54) is 6.07 Å². The Bertz CT molecular complexity index is 590. The lowest BCUT2D eigenvalue weighted by Gasteiger charge is -2.11. The number of benzene rings is 1. The Morgan fingerprint density at radius 1 is 1.32 bits per heavy atom. The Morgan fingerprint density at radius 3 is 2.79 bits per heavy atom. The summed E-state index contributed by atoms with van der Waals surface area (Å²) >= 11 is 3.22. The summed E-state index contributed by atoms with van der Waals surface area (Å²) in [7, 11) is 0. The van der Waals surface area contributed by atoms with Gasteiger partial charge in [0.15, 0.2) is 0 Å². The minimum absolute atomic E-state index is 0.150. The molecule has 0 bridgehead atoms. The van der Waals surface area contributed by atoms with Crippen LogP contribution in [0.1, 0.15) is 17.0 Å². The maximum absolute atomic E-state index is 13.6. The van der Waals surface area contributed by atoms with Gasteiger partial charge in [0.05, 0.1) is 5.69 Å². The summed E-state index contributed by atoms with van der Waals surface area (Å²) in [6, 6.07) is 8.52. The van der Waals surface area contributed by atoms with Gasteiger partial charge in [0.1, 0.15) is 18.2 Å². The number of pyridine rings is 1. The summed E-state index contributed by atoms with van der Waals surface area (Å²) in [6.45, 7) is 2.33. The third-order valence-corrected chi connectivity index (χ3v) is 3.16. The zero-order valence-electron chi connectivity index (χ0n) is 10.5. The summed E-state index contributed by atoms with van der Waals surface area (Å²) in [5.41, 5.74) is 7.66. The summed E-state index contributed by atoms with van der Waals surface area (Å²) in [5, 5.41) is 0. The molecule has 0 aliphatic rings. The number of nitrogens with zero attached hydrogens (tertiary/aromatic N) is 1. The molecule has 5 heteroatoms. The molecule has 0 atom stereocenters. The molecule has 0 radical (unpaired) electrons. The van der Waals surface area contributed by atoms with E-state index in [1.54, 1.807) is 18.2 Å². The van der Waals surface area contributed by atoms with Crippen molar-refractivity contribution in [3.8, 4) is 5.75 Å². The number of nitrogens with two attached hydrogens (primary N) is 1.